The van der Waals surface area contributed by atoms with Gasteiger partial charge in [-0.05, 0) is 24.3 Å². The summed E-state index contributed by atoms with van der Waals surface area (Å²) < 4.78 is 6.42. The number of hydrogen-bond acceptors (Lipinski definition) is 7. The number of amides is 2. The van der Waals surface area contributed by atoms with Crippen molar-refractivity contribution in [3.05, 3.63) is 41.3 Å². The Morgan fingerprint density at radius 3 is 2.72 bits per heavy atom. The maximum Gasteiger partial charge on any atom is 0.261 e. The number of hydrogen-bond donors (Lipinski definition) is 2. The fourth-order valence-electron chi connectivity index (χ4n) is 3.04. The molecule has 4 rings (SSSR count). The standard InChI is InChI=1S/C20H22N4O3S2/c25-18(21-7-8-24-9-11-27-12-10-24)13-22-19(26)16-5-6-17(28-16)20-23-14-3-1-2-4-15(14)29-20/h1-6H,7-13H2,(H,21,25)(H,22,26). The smallest absolute Gasteiger partial charge is 0.261 e. The van der Waals surface area contributed by atoms with Crippen LogP contribution in [-0.4, -0.2) is 67.6 Å². The minimum absolute atomic E-state index is 0.0314. The second-order valence-electron chi connectivity index (χ2n) is 6.64. The summed E-state index contributed by atoms with van der Waals surface area (Å²) in [5.41, 5.74) is 0.959. The van der Waals surface area contributed by atoms with E-state index in [4.69, 9.17) is 4.74 Å². The van der Waals surface area contributed by atoms with Gasteiger partial charge in [-0.15, -0.1) is 22.7 Å². The van der Waals surface area contributed by atoms with Gasteiger partial charge >= 0.3 is 0 Å². The second-order valence-corrected chi connectivity index (χ2v) is 8.75. The molecular weight excluding hydrogens is 408 g/mol. The SMILES string of the molecule is O=C(CNC(=O)c1ccc(-c2nc3ccccc3s2)s1)NCCN1CCOCC1. The first-order valence-corrected chi connectivity index (χ1v) is 11.1. The zero-order valence-corrected chi connectivity index (χ0v) is 17.5. The summed E-state index contributed by atoms with van der Waals surface area (Å²) in [6, 6.07) is 11.6. The van der Waals surface area contributed by atoms with E-state index in [9.17, 15) is 9.59 Å². The first-order valence-electron chi connectivity index (χ1n) is 9.50. The van der Waals surface area contributed by atoms with Crippen LogP contribution >= 0.6 is 22.7 Å². The largest absolute Gasteiger partial charge is 0.379 e. The second kappa shape index (κ2) is 9.45. The number of rotatable bonds is 7. The maximum atomic E-state index is 12.4. The number of nitrogens with one attached hydrogen (secondary N) is 2. The summed E-state index contributed by atoms with van der Waals surface area (Å²) in [6.45, 7) is 4.59. The van der Waals surface area contributed by atoms with E-state index >= 15 is 0 Å². The molecule has 152 valence electrons. The minimum Gasteiger partial charge on any atom is -0.379 e. The van der Waals surface area contributed by atoms with Crippen LogP contribution in [0.25, 0.3) is 20.1 Å². The lowest BCUT2D eigenvalue weighted by atomic mass is 10.3. The first kappa shape index (κ1) is 20.0. The zero-order valence-electron chi connectivity index (χ0n) is 15.8. The van der Waals surface area contributed by atoms with Crippen molar-refractivity contribution in [2.24, 2.45) is 0 Å². The molecule has 0 bridgehead atoms. The van der Waals surface area contributed by atoms with Gasteiger partial charge in [-0.25, -0.2) is 4.98 Å². The van der Waals surface area contributed by atoms with Gasteiger partial charge in [0.2, 0.25) is 5.91 Å². The van der Waals surface area contributed by atoms with Crippen LogP contribution < -0.4 is 10.6 Å². The van der Waals surface area contributed by atoms with Crippen LogP contribution in [0.5, 0.6) is 0 Å². The van der Waals surface area contributed by atoms with Crippen LogP contribution in [0.15, 0.2) is 36.4 Å². The number of benzene rings is 1. The van der Waals surface area contributed by atoms with E-state index < -0.39 is 0 Å². The van der Waals surface area contributed by atoms with Gasteiger partial charge in [0.25, 0.3) is 5.91 Å². The monoisotopic (exact) mass is 430 g/mol. The van der Waals surface area contributed by atoms with Crippen molar-refractivity contribution >= 4 is 44.7 Å². The highest BCUT2D eigenvalue weighted by Gasteiger charge is 2.14. The van der Waals surface area contributed by atoms with Gasteiger partial charge in [-0.1, -0.05) is 12.1 Å². The summed E-state index contributed by atoms with van der Waals surface area (Å²) in [4.78, 5) is 32.7. The molecule has 2 N–H and O–H groups in total. The fraction of sp³-hybridized carbons (Fsp3) is 0.350. The van der Waals surface area contributed by atoms with Crippen LogP contribution in [0.3, 0.4) is 0 Å². The third kappa shape index (κ3) is 5.18. The predicted molar refractivity (Wildman–Crippen MR) is 116 cm³/mol. The van der Waals surface area contributed by atoms with E-state index in [1.54, 1.807) is 17.4 Å². The molecule has 1 fully saturated rings. The number of fused-ring (bicyclic) bond motifs is 1. The van der Waals surface area contributed by atoms with E-state index in [0.717, 1.165) is 52.9 Å². The van der Waals surface area contributed by atoms with E-state index in [1.165, 1.54) is 11.3 Å². The van der Waals surface area contributed by atoms with Gasteiger partial charge in [0.15, 0.2) is 0 Å². The molecule has 0 spiro atoms. The first-order chi connectivity index (χ1) is 14.2. The summed E-state index contributed by atoms with van der Waals surface area (Å²) >= 11 is 2.99. The Hall–Kier alpha value is -2.33. The van der Waals surface area contributed by atoms with Gasteiger partial charge in [0.1, 0.15) is 5.01 Å². The third-order valence-electron chi connectivity index (χ3n) is 4.60. The molecule has 0 radical (unpaired) electrons. The van der Waals surface area contributed by atoms with E-state index in [0.29, 0.717) is 11.4 Å². The Morgan fingerprint density at radius 2 is 1.90 bits per heavy atom. The fourth-order valence-corrected chi connectivity index (χ4v) is 4.98. The molecule has 29 heavy (non-hydrogen) atoms. The van der Waals surface area contributed by atoms with Crippen molar-refractivity contribution in [2.45, 2.75) is 0 Å². The third-order valence-corrected chi connectivity index (χ3v) is 6.89. The molecule has 2 aromatic heterocycles. The number of thiophene rings is 1. The van der Waals surface area contributed by atoms with Gasteiger partial charge in [0, 0.05) is 26.2 Å². The Balaban J connectivity index is 1.25. The van der Waals surface area contributed by atoms with E-state index in [-0.39, 0.29) is 18.4 Å². The molecule has 3 aromatic rings. The lowest BCUT2D eigenvalue weighted by Crippen LogP contribution is -2.43. The van der Waals surface area contributed by atoms with Crippen LogP contribution in [-0.2, 0) is 9.53 Å². The lowest BCUT2D eigenvalue weighted by molar-refractivity contribution is -0.120. The van der Waals surface area contributed by atoms with Gasteiger partial charge in [-0.3, -0.25) is 14.5 Å². The van der Waals surface area contributed by atoms with E-state index in [1.807, 2.05) is 30.3 Å². The quantitative estimate of drug-likeness (QED) is 0.600. The number of morpholine rings is 1. The van der Waals surface area contributed by atoms with Crippen molar-refractivity contribution in [3.63, 3.8) is 0 Å². The molecule has 0 atom stereocenters. The van der Waals surface area contributed by atoms with Crippen LogP contribution in [0.1, 0.15) is 9.67 Å². The van der Waals surface area contributed by atoms with Gasteiger partial charge in [0.05, 0.1) is 39.7 Å². The number of para-hydroxylation sites is 1. The molecule has 1 aliphatic heterocycles. The average molecular weight is 431 g/mol. The number of nitrogens with zero attached hydrogens (tertiary/aromatic N) is 2. The summed E-state index contributed by atoms with van der Waals surface area (Å²) in [6.07, 6.45) is 0. The average Bonchev–Trinajstić information content (AvgIpc) is 3.40. The highest BCUT2D eigenvalue weighted by molar-refractivity contribution is 7.26. The lowest BCUT2D eigenvalue weighted by Gasteiger charge is -2.26. The number of carbonyl (C=O) groups is 2. The molecule has 0 saturated carbocycles. The highest BCUT2D eigenvalue weighted by atomic mass is 32.1. The van der Waals surface area contributed by atoms with Crippen LogP contribution in [0, 0.1) is 0 Å². The molecule has 7 nitrogen and oxygen atoms in total. The Labute approximate surface area is 176 Å². The molecule has 0 unspecified atom stereocenters. The molecule has 9 heteroatoms. The maximum absolute atomic E-state index is 12.4. The number of thiazole rings is 1. The van der Waals surface area contributed by atoms with Crippen molar-refractivity contribution < 1.29 is 14.3 Å². The molecule has 2 amide bonds. The number of aromatic nitrogens is 1. The van der Waals surface area contributed by atoms with E-state index in [2.05, 4.69) is 20.5 Å². The topological polar surface area (TPSA) is 83.6 Å². The Kier molecular flexibility index (Phi) is 6.50. The van der Waals surface area contributed by atoms with Crippen molar-refractivity contribution in [1.82, 2.24) is 20.5 Å². The summed E-state index contributed by atoms with van der Waals surface area (Å²) in [7, 11) is 0. The number of ether oxygens (including phenoxy) is 1. The molecular formula is C20H22N4O3S2. The summed E-state index contributed by atoms with van der Waals surface area (Å²) in [5.74, 6) is -0.430. The Morgan fingerprint density at radius 1 is 1.07 bits per heavy atom. The van der Waals surface area contributed by atoms with Crippen molar-refractivity contribution in [3.8, 4) is 9.88 Å². The molecule has 0 aliphatic carbocycles. The normalized spacial score (nSPS) is 14.8. The van der Waals surface area contributed by atoms with Gasteiger partial charge < -0.3 is 15.4 Å². The Bertz CT molecular complexity index is 961. The molecule has 1 aliphatic rings. The van der Waals surface area contributed by atoms with Crippen LogP contribution in [0.2, 0.25) is 0 Å². The van der Waals surface area contributed by atoms with Crippen LogP contribution in [0.4, 0.5) is 0 Å². The number of carbonyl (C=O) groups excluding carboxylic acids is 2. The zero-order chi connectivity index (χ0) is 20.1. The highest BCUT2D eigenvalue weighted by Crippen LogP contribution is 2.34. The van der Waals surface area contributed by atoms with Gasteiger partial charge in [-0.2, -0.15) is 0 Å². The molecule has 1 aromatic carbocycles. The van der Waals surface area contributed by atoms with Crippen molar-refractivity contribution in [2.75, 3.05) is 45.9 Å². The predicted octanol–water partition coefficient (Wildman–Crippen LogP) is 2.20. The molecule has 3 heterocycles. The minimum atomic E-state index is -0.245. The molecule has 1 saturated heterocycles. The van der Waals surface area contributed by atoms with Crippen molar-refractivity contribution in [1.29, 1.82) is 0 Å². The summed E-state index contributed by atoms with van der Waals surface area (Å²) in [5, 5.41) is 6.43.